The van der Waals surface area contributed by atoms with Gasteiger partial charge in [0.25, 0.3) is 0 Å². The van der Waals surface area contributed by atoms with E-state index in [-0.39, 0.29) is 0 Å². The first kappa shape index (κ1) is 20.3. The summed E-state index contributed by atoms with van der Waals surface area (Å²) >= 11 is 0. The molecule has 0 unspecified atom stereocenters. The predicted molar refractivity (Wildman–Crippen MR) is 90.6 cm³/mol. The van der Waals surface area contributed by atoms with Crippen LogP contribution in [0, 0.1) is 0 Å². The minimum atomic E-state index is 0.430. The molecule has 0 radical (unpaired) electrons. The summed E-state index contributed by atoms with van der Waals surface area (Å²) < 4.78 is 0. The topological polar surface area (TPSA) is 34.1 Å². The zero-order valence-corrected chi connectivity index (χ0v) is 14.4. The Bertz CT molecular complexity index is 258. The molecule has 124 valence electrons. The van der Waals surface area contributed by atoms with Crippen molar-refractivity contribution in [3.63, 3.8) is 0 Å². The van der Waals surface area contributed by atoms with Gasteiger partial charge < -0.3 is 0 Å². The molecule has 0 fully saturated rings. The van der Waals surface area contributed by atoms with E-state index in [1.165, 1.54) is 44.9 Å². The molecule has 0 aromatic rings. The van der Waals surface area contributed by atoms with Crippen LogP contribution in [0.4, 0.5) is 0 Å². The van der Waals surface area contributed by atoms with Gasteiger partial charge in [0.05, 0.1) is 0 Å². The van der Waals surface area contributed by atoms with Gasteiger partial charge in [-0.2, -0.15) is 0 Å². The van der Waals surface area contributed by atoms with Gasteiger partial charge in [-0.15, -0.1) is 0 Å². The van der Waals surface area contributed by atoms with Crippen LogP contribution in [0.15, 0.2) is 0 Å². The van der Waals surface area contributed by atoms with E-state index in [9.17, 15) is 9.59 Å². The summed E-state index contributed by atoms with van der Waals surface area (Å²) in [6, 6.07) is 0. The zero-order chi connectivity index (χ0) is 15.8. The highest BCUT2D eigenvalue weighted by Crippen LogP contribution is 2.12. The Balaban J connectivity index is 3.18. The smallest absolute Gasteiger partial charge is 0.132 e. The van der Waals surface area contributed by atoms with Gasteiger partial charge in [0.2, 0.25) is 0 Å². The van der Waals surface area contributed by atoms with E-state index >= 15 is 0 Å². The maximum Gasteiger partial charge on any atom is 0.132 e. The minimum absolute atomic E-state index is 0.430. The highest BCUT2D eigenvalue weighted by Gasteiger charge is 2.02. The molecule has 0 atom stereocenters. The Morgan fingerprint density at radius 2 is 0.857 bits per heavy atom. The molecule has 0 aliphatic carbocycles. The average molecular weight is 296 g/mol. The summed E-state index contributed by atoms with van der Waals surface area (Å²) in [5.74, 6) is 0.886. The molecule has 0 N–H and O–H groups in total. The van der Waals surface area contributed by atoms with Crippen LogP contribution in [0.1, 0.15) is 110 Å². The molecule has 0 aliphatic heterocycles. The Hall–Kier alpha value is -0.660. The predicted octanol–water partition coefficient (Wildman–Crippen LogP) is 6.02. The average Bonchev–Trinajstić information content (AvgIpc) is 2.46. The van der Waals surface area contributed by atoms with E-state index in [0.717, 1.165) is 51.4 Å². The van der Waals surface area contributed by atoms with Gasteiger partial charge in [-0.25, -0.2) is 0 Å². The number of unbranched alkanes of at least 4 members (excludes halogenated alkanes) is 8. The molecule has 0 saturated heterocycles. The molecule has 2 nitrogen and oxygen atoms in total. The minimum Gasteiger partial charge on any atom is -0.300 e. The largest absolute Gasteiger partial charge is 0.300 e. The van der Waals surface area contributed by atoms with Crippen LogP contribution < -0.4 is 0 Å². The third-order valence-corrected chi connectivity index (χ3v) is 4.00. The third-order valence-electron chi connectivity index (χ3n) is 4.00. The Morgan fingerprint density at radius 3 is 1.29 bits per heavy atom. The van der Waals surface area contributed by atoms with Crippen LogP contribution in [-0.2, 0) is 9.59 Å². The van der Waals surface area contributed by atoms with Crippen molar-refractivity contribution in [3.8, 4) is 0 Å². The summed E-state index contributed by atoms with van der Waals surface area (Å²) in [6.45, 7) is 4.23. The van der Waals surface area contributed by atoms with Crippen LogP contribution in [0.3, 0.4) is 0 Å². The molecule has 0 heterocycles. The van der Waals surface area contributed by atoms with Crippen molar-refractivity contribution in [2.24, 2.45) is 0 Å². The molecule has 0 rings (SSSR count). The van der Waals surface area contributed by atoms with Gasteiger partial charge in [0.15, 0.2) is 0 Å². The molecule has 0 amide bonds. The van der Waals surface area contributed by atoms with E-state index in [2.05, 4.69) is 13.8 Å². The first-order valence-electron chi connectivity index (χ1n) is 9.24. The lowest BCUT2D eigenvalue weighted by Gasteiger charge is -2.03. The molecule has 2 heteroatoms. The van der Waals surface area contributed by atoms with Crippen molar-refractivity contribution in [2.45, 2.75) is 110 Å². The Kier molecular flexibility index (Phi) is 15.2. The zero-order valence-electron chi connectivity index (χ0n) is 14.4. The summed E-state index contributed by atoms with van der Waals surface area (Å²) in [5, 5.41) is 0. The Labute approximate surface area is 132 Å². The summed E-state index contributed by atoms with van der Waals surface area (Å²) in [4.78, 5) is 22.9. The van der Waals surface area contributed by atoms with Crippen LogP contribution in [0.5, 0.6) is 0 Å². The van der Waals surface area contributed by atoms with E-state index in [4.69, 9.17) is 0 Å². The van der Waals surface area contributed by atoms with Gasteiger partial charge in [-0.3, -0.25) is 9.59 Å². The Morgan fingerprint density at radius 1 is 0.476 bits per heavy atom. The summed E-state index contributed by atoms with van der Waals surface area (Å²) in [6.07, 6.45) is 15.8. The molecular weight excluding hydrogens is 260 g/mol. The molecule has 21 heavy (non-hydrogen) atoms. The summed E-state index contributed by atoms with van der Waals surface area (Å²) in [5.41, 5.74) is 0. The number of carbonyl (C=O) groups is 2. The highest BCUT2D eigenvalue weighted by molar-refractivity contribution is 5.78. The highest BCUT2D eigenvalue weighted by atomic mass is 16.1. The van der Waals surface area contributed by atoms with Gasteiger partial charge in [-0.05, 0) is 25.7 Å². The second-order valence-corrected chi connectivity index (χ2v) is 6.26. The lowest BCUT2D eigenvalue weighted by atomic mass is 10.0. The van der Waals surface area contributed by atoms with Crippen LogP contribution in [0.25, 0.3) is 0 Å². The second kappa shape index (κ2) is 15.7. The standard InChI is InChI=1S/C19H36O2/c1-3-5-11-15-19(21)17-13-10-8-6-7-9-12-16-18(20)14-4-2/h3-17H2,1-2H3. The number of Topliss-reactive ketones (excluding diaryl/α,β-unsaturated/α-hetero) is 2. The molecule has 0 spiro atoms. The van der Waals surface area contributed by atoms with Crippen molar-refractivity contribution in [1.29, 1.82) is 0 Å². The maximum atomic E-state index is 11.6. The van der Waals surface area contributed by atoms with E-state index in [1.54, 1.807) is 0 Å². The van der Waals surface area contributed by atoms with Gasteiger partial charge in [0.1, 0.15) is 11.6 Å². The van der Waals surface area contributed by atoms with Gasteiger partial charge in [0, 0.05) is 25.7 Å². The van der Waals surface area contributed by atoms with Crippen molar-refractivity contribution < 1.29 is 9.59 Å². The van der Waals surface area contributed by atoms with Crippen molar-refractivity contribution in [1.82, 2.24) is 0 Å². The fraction of sp³-hybridized carbons (Fsp3) is 0.895. The van der Waals surface area contributed by atoms with Crippen LogP contribution in [-0.4, -0.2) is 11.6 Å². The third kappa shape index (κ3) is 15.5. The first-order chi connectivity index (χ1) is 10.2. The fourth-order valence-electron chi connectivity index (χ4n) is 2.63. The normalized spacial score (nSPS) is 10.8. The van der Waals surface area contributed by atoms with E-state index in [0.29, 0.717) is 11.6 Å². The fourth-order valence-corrected chi connectivity index (χ4v) is 2.63. The quantitative estimate of drug-likeness (QED) is 0.326. The number of hydrogen-bond acceptors (Lipinski definition) is 2. The number of carbonyl (C=O) groups excluding carboxylic acids is 2. The lowest BCUT2D eigenvalue weighted by molar-refractivity contribution is -0.120. The maximum absolute atomic E-state index is 11.6. The molecule has 0 aliphatic rings. The SMILES string of the molecule is CCCCCC(=O)CCCCCCCCCC(=O)CCC. The number of hydrogen-bond donors (Lipinski definition) is 0. The van der Waals surface area contributed by atoms with Gasteiger partial charge >= 0.3 is 0 Å². The van der Waals surface area contributed by atoms with E-state index < -0.39 is 0 Å². The van der Waals surface area contributed by atoms with Crippen molar-refractivity contribution >= 4 is 11.6 Å². The monoisotopic (exact) mass is 296 g/mol. The van der Waals surface area contributed by atoms with Crippen molar-refractivity contribution in [2.75, 3.05) is 0 Å². The molecule has 0 saturated carbocycles. The van der Waals surface area contributed by atoms with Crippen molar-refractivity contribution in [3.05, 3.63) is 0 Å². The molecule has 0 bridgehead atoms. The van der Waals surface area contributed by atoms with Crippen LogP contribution in [0.2, 0.25) is 0 Å². The molecular formula is C19H36O2. The summed E-state index contributed by atoms with van der Waals surface area (Å²) in [7, 11) is 0. The van der Waals surface area contributed by atoms with E-state index in [1.807, 2.05) is 0 Å². The second-order valence-electron chi connectivity index (χ2n) is 6.26. The number of rotatable bonds is 16. The van der Waals surface area contributed by atoms with Gasteiger partial charge in [-0.1, -0.05) is 58.8 Å². The first-order valence-corrected chi connectivity index (χ1v) is 9.24. The number of ketones is 2. The molecule has 0 aromatic heterocycles. The lowest BCUT2D eigenvalue weighted by Crippen LogP contribution is -1.97. The van der Waals surface area contributed by atoms with Crippen LogP contribution >= 0.6 is 0 Å². The molecule has 0 aromatic carbocycles.